The van der Waals surface area contributed by atoms with Crippen LogP contribution in [0.2, 0.25) is 5.02 Å². The first kappa shape index (κ1) is 22.8. The lowest BCUT2D eigenvalue weighted by atomic mass is 10.0. The zero-order valence-electron chi connectivity index (χ0n) is 17.8. The average Bonchev–Trinajstić information content (AvgIpc) is 3.01. The van der Waals surface area contributed by atoms with E-state index in [1.165, 1.54) is 4.90 Å². The number of imide groups is 1. The number of amides is 2. The molecule has 6 nitrogen and oxygen atoms in total. The Kier molecular flexibility index (Phi) is 8.09. The van der Waals surface area contributed by atoms with E-state index in [0.29, 0.717) is 53.8 Å². The number of halogens is 1. The molecule has 2 amide bonds. The van der Waals surface area contributed by atoms with E-state index in [-0.39, 0.29) is 17.5 Å². The van der Waals surface area contributed by atoms with Crippen LogP contribution < -0.4 is 10.1 Å². The number of methoxy groups -OCH3 is 1. The number of hydrogen-bond acceptors (Lipinski definition) is 5. The van der Waals surface area contributed by atoms with Gasteiger partial charge in [-0.1, -0.05) is 43.1 Å². The zero-order valence-corrected chi connectivity index (χ0v) is 18.6. The summed E-state index contributed by atoms with van der Waals surface area (Å²) in [7, 11) is 1.58. The summed E-state index contributed by atoms with van der Waals surface area (Å²) in [5.41, 5.74) is 1.87. The van der Waals surface area contributed by atoms with Gasteiger partial charge in [0.25, 0.3) is 11.8 Å². The molecular weight excluding hydrogens is 416 g/mol. The molecule has 1 heterocycles. The summed E-state index contributed by atoms with van der Waals surface area (Å²) in [5.74, 6) is -0.0332. The number of carbonyl (C=O) groups excluding carboxylic acids is 2. The van der Waals surface area contributed by atoms with Crippen LogP contribution in [0.25, 0.3) is 5.57 Å². The minimum atomic E-state index is -0.355. The summed E-state index contributed by atoms with van der Waals surface area (Å²) in [6.07, 6.45) is 2.65. The third-order valence-corrected chi connectivity index (χ3v) is 5.20. The van der Waals surface area contributed by atoms with Gasteiger partial charge in [0, 0.05) is 36.5 Å². The van der Waals surface area contributed by atoms with Gasteiger partial charge in [0.15, 0.2) is 0 Å². The van der Waals surface area contributed by atoms with E-state index in [1.54, 1.807) is 37.4 Å². The zero-order chi connectivity index (χ0) is 22.2. The number of benzene rings is 2. The van der Waals surface area contributed by atoms with Gasteiger partial charge >= 0.3 is 0 Å². The monoisotopic (exact) mass is 442 g/mol. The van der Waals surface area contributed by atoms with E-state index in [1.807, 2.05) is 18.2 Å². The Morgan fingerprint density at radius 1 is 1.00 bits per heavy atom. The lowest BCUT2D eigenvalue weighted by molar-refractivity contribution is -0.137. The van der Waals surface area contributed by atoms with Crippen molar-refractivity contribution < 1.29 is 19.1 Å². The second-order valence-corrected chi connectivity index (χ2v) is 7.63. The maximum Gasteiger partial charge on any atom is 0.278 e. The maximum atomic E-state index is 13.2. The quantitative estimate of drug-likeness (QED) is 0.402. The summed E-state index contributed by atoms with van der Waals surface area (Å²) >= 11 is 6.01. The van der Waals surface area contributed by atoms with Gasteiger partial charge < -0.3 is 14.8 Å². The number of anilines is 1. The highest BCUT2D eigenvalue weighted by atomic mass is 35.5. The molecule has 1 aliphatic heterocycles. The lowest BCUT2D eigenvalue weighted by Gasteiger charge is -2.15. The van der Waals surface area contributed by atoms with E-state index in [2.05, 4.69) is 12.2 Å². The van der Waals surface area contributed by atoms with Crippen molar-refractivity contribution in [3.63, 3.8) is 0 Å². The molecule has 0 fully saturated rings. The van der Waals surface area contributed by atoms with Gasteiger partial charge in [-0.15, -0.1) is 0 Å². The van der Waals surface area contributed by atoms with Crippen molar-refractivity contribution in [3.8, 4) is 5.75 Å². The van der Waals surface area contributed by atoms with Crippen molar-refractivity contribution >= 4 is 34.7 Å². The Hall–Kier alpha value is -2.83. The Bertz CT molecular complexity index is 956. The molecule has 1 N–H and O–H groups in total. The molecule has 0 aromatic heterocycles. The molecule has 0 atom stereocenters. The van der Waals surface area contributed by atoms with E-state index in [9.17, 15) is 9.59 Å². The van der Waals surface area contributed by atoms with Gasteiger partial charge in [-0.2, -0.15) is 0 Å². The SMILES string of the molecule is CCCCOCCCN1C(=O)C(Nc2cccc(OC)c2)=C(c2ccc(Cl)cc2)C1=O. The van der Waals surface area contributed by atoms with Crippen molar-refractivity contribution in [3.05, 3.63) is 64.8 Å². The molecule has 164 valence electrons. The van der Waals surface area contributed by atoms with Crippen LogP contribution >= 0.6 is 11.6 Å². The highest BCUT2D eigenvalue weighted by molar-refractivity contribution is 6.36. The molecule has 0 bridgehead atoms. The normalized spacial score (nSPS) is 13.8. The summed E-state index contributed by atoms with van der Waals surface area (Å²) in [6.45, 7) is 3.59. The Morgan fingerprint density at radius 2 is 1.74 bits per heavy atom. The Balaban J connectivity index is 1.83. The third kappa shape index (κ3) is 5.66. The fourth-order valence-corrected chi connectivity index (χ4v) is 3.42. The molecule has 3 rings (SSSR count). The molecule has 2 aromatic carbocycles. The van der Waals surface area contributed by atoms with Gasteiger partial charge in [-0.25, -0.2) is 0 Å². The van der Waals surface area contributed by atoms with Crippen LogP contribution in [0.4, 0.5) is 5.69 Å². The molecule has 2 aromatic rings. The number of hydrogen-bond donors (Lipinski definition) is 1. The van der Waals surface area contributed by atoms with Crippen LogP contribution in [0.5, 0.6) is 5.75 Å². The van der Waals surface area contributed by atoms with Crippen molar-refractivity contribution in [1.29, 1.82) is 0 Å². The van der Waals surface area contributed by atoms with Crippen molar-refractivity contribution in [2.75, 3.05) is 32.2 Å². The summed E-state index contributed by atoms with van der Waals surface area (Å²) in [6, 6.07) is 14.1. The molecule has 0 saturated heterocycles. The standard InChI is InChI=1S/C24H27ClN2O4/c1-3-4-14-31-15-6-13-27-23(28)21(17-9-11-18(25)12-10-17)22(24(27)29)26-19-7-5-8-20(16-19)30-2/h5,7-12,16,26H,3-4,6,13-15H2,1-2H3. The number of nitrogens with zero attached hydrogens (tertiary/aromatic N) is 1. The van der Waals surface area contributed by atoms with E-state index < -0.39 is 0 Å². The number of unbranched alkanes of at least 4 members (excludes halogenated alkanes) is 1. The summed E-state index contributed by atoms with van der Waals surface area (Å²) in [5, 5.41) is 3.69. The molecular formula is C24H27ClN2O4. The maximum absolute atomic E-state index is 13.2. The molecule has 0 saturated carbocycles. The fraction of sp³-hybridized carbons (Fsp3) is 0.333. The summed E-state index contributed by atoms with van der Waals surface area (Å²) in [4.78, 5) is 27.7. The molecule has 0 radical (unpaired) electrons. The Morgan fingerprint density at radius 3 is 2.45 bits per heavy atom. The highest BCUT2D eigenvalue weighted by Gasteiger charge is 2.38. The van der Waals surface area contributed by atoms with Crippen molar-refractivity contribution in [2.45, 2.75) is 26.2 Å². The van der Waals surface area contributed by atoms with Gasteiger partial charge in [0.05, 0.1) is 12.7 Å². The van der Waals surface area contributed by atoms with E-state index >= 15 is 0 Å². The second-order valence-electron chi connectivity index (χ2n) is 7.20. The predicted octanol–water partition coefficient (Wildman–Crippen LogP) is 4.75. The van der Waals surface area contributed by atoms with Crippen LogP contribution in [0, 0.1) is 0 Å². The first-order valence-corrected chi connectivity index (χ1v) is 10.8. The van der Waals surface area contributed by atoms with Gasteiger partial charge in [0.1, 0.15) is 11.4 Å². The topological polar surface area (TPSA) is 67.9 Å². The highest BCUT2D eigenvalue weighted by Crippen LogP contribution is 2.32. The minimum Gasteiger partial charge on any atom is -0.497 e. The smallest absolute Gasteiger partial charge is 0.278 e. The molecule has 0 unspecified atom stereocenters. The van der Waals surface area contributed by atoms with Crippen molar-refractivity contribution in [1.82, 2.24) is 4.90 Å². The fourth-order valence-electron chi connectivity index (χ4n) is 3.30. The van der Waals surface area contributed by atoms with Crippen LogP contribution in [0.1, 0.15) is 31.7 Å². The van der Waals surface area contributed by atoms with Crippen LogP contribution in [0.15, 0.2) is 54.2 Å². The predicted molar refractivity (Wildman–Crippen MR) is 122 cm³/mol. The molecule has 0 spiro atoms. The number of nitrogens with one attached hydrogen (secondary N) is 1. The van der Waals surface area contributed by atoms with Gasteiger partial charge in [-0.05, 0) is 42.7 Å². The average molecular weight is 443 g/mol. The number of rotatable bonds is 11. The van der Waals surface area contributed by atoms with Crippen LogP contribution in [0.3, 0.4) is 0 Å². The van der Waals surface area contributed by atoms with E-state index in [4.69, 9.17) is 21.1 Å². The first-order valence-electron chi connectivity index (χ1n) is 10.4. The largest absolute Gasteiger partial charge is 0.497 e. The number of ether oxygens (including phenoxy) is 2. The van der Waals surface area contributed by atoms with Gasteiger partial charge in [0.2, 0.25) is 0 Å². The molecule has 0 aliphatic carbocycles. The van der Waals surface area contributed by atoms with Crippen LogP contribution in [-0.4, -0.2) is 43.6 Å². The van der Waals surface area contributed by atoms with Gasteiger partial charge in [-0.3, -0.25) is 14.5 Å². The van der Waals surface area contributed by atoms with Crippen molar-refractivity contribution in [2.24, 2.45) is 0 Å². The second kappa shape index (κ2) is 11.0. The minimum absolute atomic E-state index is 0.243. The Labute approximate surface area is 187 Å². The first-order chi connectivity index (χ1) is 15.0. The lowest BCUT2D eigenvalue weighted by Crippen LogP contribution is -2.34. The third-order valence-electron chi connectivity index (χ3n) is 4.95. The number of carbonyl (C=O) groups is 2. The van der Waals surface area contributed by atoms with Crippen LogP contribution in [-0.2, 0) is 14.3 Å². The van der Waals surface area contributed by atoms with E-state index in [0.717, 1.165) is 12.8 Å². The molecule has 1 aliphatic rings. The summed E-state index contributed by atoms with van der Waals surface area (Å²) < 4.78 is 10.8. The molecule has 31 heavy (non-hydrogen) atoms. The molecule has 7 heteroatoms.